The number of nitrogens with one attached hydrogen (secondary N) is 1. The van der Waals surface area contributed by atoms with Crippen LogP contribution in [0.4, 0.5) is 0 Å². The number of aliphatic hydroxyl groups excluding tert-OH is 1. The number of hydrogen-bond donors (Lipinski definition) is 4. The number of carbonyl (C=O) groups is 2. The van der Waals surface area contributed by atoms with Crippen molar-refractivity contribution in [3.63, 3.8) is 0 Å². The first-order chi connectivity index (χ1) is 17.4. The summed E-state index contributed by atoms with van der Waals surface area (Å²) in [6, 6.07) is 3.61. The molecule has 7 heteroatoms. The fourth-order valence-corrected chi connectivity index (χ4v) is 5.07. The van der Waals surface area contributed by atoms with Gasteiger partial charge in [-0.1, -0.05) is 56.9 Å². The van der Waals surface area contributed by atoms with E-state index in [4.69, 9.17) is 10.5 Å². The van der Waals surface area contributed by atoms with E-state index in [1.165, 1.54) is 13.5 Å². The fraction of sp³-hybridized carbons (Fsp3) is 0.517. The number of fused-ring (bicyclic) bond motifs is 1. The van der Waals surface area contributed by atoms with Crippen LogP contribution in [-0.4, -0.2) is 42.0 Å². The van der Waals surface area contributed by atoms with Gasteiger partial charge in [-0.3, -0.25) is 9.59 Å². The van der Waals surface area contributed by atoms with Crippen LogP contribution in [0, 0.1) is 5.92 Å². The fourth-order valence-electron chi connectivity index (χ4n) is 5.07. The highest BCUT2D eigenvalue weighted by Crippen LogP contribution is 2.47. The molecule has 5 N–H and O–H groups in total. The molecule has 0 bridgehead atoms. The SMILES string of the molecule is CCCCCCCC(=O)CC(=O)CCc1cc(OC)c(O)c([C@H]2C3=CCNC(N)=C3C=C[C@H]2CO)c1. The van der Waals surface area contributed by atoms with Crippen molar-refractivity contribution >= 4 is 11.6 Å². The Morgan fingerprint density at radius 3 is 2.61 bits per heavy atom. The highest BCUT2D eigenvalue weighted by atomic mass is 16.5. The number of ether oxygens (including phenoxy) is 1. The van der Waals surface area contributed by atoms with E-state index in [1.54, 1.807) is 6.07 Å². The number of benzene rings is 1. The number of dihydropyridines is 1. The van der Waals surface area contributed by atoms with Gasteiger partial charge >= 0.3 is 0 Å². The number of carbonyl (C=O) groups excluding carboxylic acids is 2. The molecule has 2 aliphatic rings. The largest absolute Gasteiger partial charge is 0.504 e. The minimum atomic E-state index is -0.311. The van der Waals surface area contributed by atoms with Gasteiger partial charge in [0, 0.05) is 42.4 Å². The van der Waals surface area contributed by atoms with Gasteiger partial charge in [-0.25, -0.2) is 0 Å². The lowest BCUT2D eigenvalue weighted by atomic mass is 9.72. The third-order valence-electron chi connectivity index (χ3n) is 7.06. The van der Waals surface area contributed by atoms with Gasteiger partial charge in [0.2, 0.25) is 0 Å². The number of aromatic hydroxyl groups is 1. The highest BCUT2D eigenvalue weighted by Gasteiger charge is 2.34. The zero-order chi connectivity index (χ0) is 26.1. The highest BCUT2D eigenvalue weighted by molar-refractivity contribution is 5.99. The number of unbranched alkanes of at least 4 members (excludes halogenated alkanes) is 4. The van der Waals surface area contributed by atoms with Crippen LogP contribution in [0.25, 0.3) is 0 Å². The standard InChI is InChI=1S/C29H40N2O5/c1-3-4-5-6-7-8-21(33)17-22(34)11-9-19-15-25(28(35)26(16-19)36-2)27-20(18-32)10-12-24-23(27)13-14-31-29(24)30/h10,12-13,15-16,20,27,31-32,35H,3-9,11,14,17-18,30H2,1-2H3/t20-,27+/m0/s1. The van der Waals surface area contributed by atoms with Crippen molar-refractivity contribution in [2.75, 3.05) is 20.3 Å². The molecule has 0 aromatic heterocycles. The first-order valence-electron chi connectivity index (χ1n) is 13.1. The molecule has 0 fully saturated rings. The number of Topliss-reactive ketones (excluding diaryl/α,β-unsaturated/α-hetero) is 2. The maximum atomic E-state index is 12.5. The monoisotopic (exact) mass is 496 g/mol. The molecule has 1 aliphatic heterocycles. The van der Waals surface area contributed by atoms with Gasteiger partial charge in [0.1, 0.15) is 17.4 Å². The predicted octanol–water partition coefficient (Wildman–Crippen LogP) is 4.18. The molecule has 0 radical (unpaired) electrons. The van der Waals surface area contributed by atoms with Gasteiger partial charge in [0.15, 0.2) is 11.5 Å². The Hall–Kier alpha value is -3.06. The van der Waals surface area contributed by atoms with E-state index in [0.717, 1.165) is 42.4 Å². The maximum Gasteiger partial charge on any atom is 0.161 e. The van der Waals surface area contributed by atoms with E-state index in [0.29, 0.717) is 36.5 Å². The van der Waals surface area contributed by atoms with Crippen molar-refractivity contribution in [1.82, 2.24) is 5.32 Å². The predicted molar refractivity (Wildman–Crippen MR) is 141 cm³/mol. The quantitative estimate of drug-likeness (QED) is 0.225. The molecule has 0 amide bonds. The smallest absolute Gasteiger partial charge is 0.161 e. The Kier molecular flexibility index (Phi) is 10.2. The molecule has 0 spiro atoms. The Labute approximate surface area is 214 Å². The molecular formula is C29H40N2O5. The van der Waals surface area contributed by atoms with E-state index in [1.807, 2.05) is 24.3 Å². The molecule has 36 heavy (non-hydrogen) atoms. The summed E-state index contributed by atoms with van der Waals surface area (Å²) >= 11 is 0. The van der Waals surface area contributed by atoms with Gasteiger partial charge < -0.3 is 26.0 Å². The average molecular weight is 497 g/mol. The summed E-state index contributed by atoms with van der Waals surface area (Å²) in [6.45, 7) is 2.62. The van der Waals surface area contributed by atoms with Crippen LogP contribution in [0.1, 0.15) is 75.3 Å². The van der Waals surface area contributed by atoms with Crippen molar-refractivity contribution < 1.29 is 24.5 Å². The van der Waals surface area contributed by atoms with Crippen LogP contribution >= 0.6 is 0 Å². The first-order valence-corrected chi connectivity index (χ1v) is 13.1. The third-order valence-corrected chi connectivity index (χ3v) is 7.06. The summed E-state index contributed by atoms with van der Waals surface area (Å²) in [5.41, 5.74) is 9.43. The Morgan fingerprint density at radius 2 is 1.89 bits per heavy atom. The van der Waals surface area contributed by atoms with Crippen molar-refractivity contribution in [1.29, 1.82) is 0 Å². The zero-order valence-electron chi connectivity index (χ0n) is 21.5. The number of nitrogens with two attached hydrogens (primary N) is 1. The van der Waals surface area contributed by atoms with E-state index >= 15 is 0 Å². The van der Waals surface area contributed by atoms with Crippen molar-refractivity contribution in [3.05, 3.63) is 58.5 Å². The van der Waals surface area contributed by atoms with Gasteiger partial charge in [-0.05, 0) is 30.0 Å². The minimum absolute atomic E-state index is 0.00926. The number of rotatable bonds is 14. The lowest BCUT2D eigenvalue weighted by Crippen LogP contribution is -2.31. The molecule has 0 saturated heterocycles. The molecule has 196 valence electrons. The second kappa shape index (κ2) is 13.3. The van der Waals surface area contributed by atoms with Gasteiger partial charge in [-0.15, -0.1) is 0 Å². The lowest BCUT2D eigenvalue weighted by molar-refractivity contribution is -0.127. The molecule has 1 aromatic rings. The summed E-state index contributed by atoms with van der Waals surface area (Å²) < 4.78 is 5.45. The normalized spacial score (nSPS) is 18.9. The van der Waals surface area contributed by atoms with E-state index < -0.39 is 0 Å². The maximum absolute atomic E-state index is 12.5. The van der Waals surface area contributed by atoms with E-state index in [9.17, 15) is 19.8 Å². The van der Waals surface area contributed by atoms with E-state index in [-0.39, 0.29) is 48.6 Å². The molecule has 7 nitrogen and oxygen atoms in total. The number of ketones is 2. The lowest BCUT2D eigenvalue weighted by Gasteiger charge is -2.34. The van der Waals surface area contributed by atoms with Crippen LogP contribution in [0.5, 0.6) is 11.5 Å². The molecule has 0 unspecified atom stereocenters. The van der Waals surface area contributed by atoms with Crippen LogP contribution in [0.2, 0.25) is 0 Å². The van der Waals surface area contributed by atoms with Crippen LogP contribution in [0.3, 0.4) is 0 Å². The van der Waals surface area contributed by atoms with Crippen LogP contribution in [-0.2, 0) is 16.0 Å². The number of allylic oxidation sites excluding steroid dienone is 3. The Balaban J connectivity index is 1.73. The van der Waals surface area contributed by atoms with Crippen LogP contribution in [0.15, 0.2) is 47.3 Å². The summed E-state index contributed by atoms with van der Waals surface area (Å²) in [6.07, 6.45) is 12.3. The molecule has 1 aliphatic carbocycles. The second-order valence-electron chi connectivity index (χ2n) is 9.71. The number of phenols is 1. The zero-order valence-corrected chi connectivity index (χ0v) is 21.5. The molecule has 3 rings (SSSR count). The summed E-state index contributed by atoms with van der Waals surface area (Å²) in [5.74, 6) is 0.278. The van der Waals surface area contributed by atoms with Gasteiger partial charge in [0.25, 0.3) is 0 Å². The molecule has 1 heterocycles. The third kappa shape index (κ3) is 6.78. The summed E-state index contributed by atoms with van der Waals surface area (Å²) in [4.78, 5) is 24.7. The Bertz CT molecular complexity index is 1040. The first kappa shape index (κ1) is 27.5. The number of methoxy groups -OCH3 is 1. The average Bonchev–Trinajstić information content (AvgIpc) is 2.87. The summed E-state index contributed by atoms with van der Waals surface area (Å²) in [5, 5.41) is 24.3. The van der Waals surface area contributed by atoms with Gasteiger partial charge in [0.05, 0.1) is 20.1 Å². The molecular weight excluding hydrogens is 456 g/mol. The molecule has 2 atom stereocenters. The van der Waals surface area contributed by atoms with Crippen molar-refractivity contribution in [2.24, 2.45) is 11.7 Å². The summed E-state index contributed by atoms with van der Waals surface area (Å²) in [7, 11) is 1.49. The minimum Gasteiger partial charge on any atom is -0.504 e. The number of phenolic OH excluding ortho intramolecular Hbond substituents is 1. The molecule has 0 saturated carbocycles. The molecule has 1 aromatic carbocycles. The number of hydrogen-bond acceptors (Lipinski definition) is 7. The van der Waals surface area contributed by atoms with Gasteiger partial charge in [-0.2, -0.15) is 0 Å². The number of aryl methyl sites for hydroxylation is 1. The van der Waals surface area contributed by atoms with E-state index in [2.05, 4.69) is 12.2 Å². The topological polar surface area (TPSA) is 122 Å². The van der Waals surface area contributed by atoms with Crippen molar-refractivity contribution in [2.45, 2.75) is 70.6 Å². The second-order valence-corrected chi connectivity index (χ2v) is 9.71. The number of aliphatic hydroxyl groups is 1. The Morgan fingerprint density at radius 1 is 1.14 bits per heavy atom. The van der Waals surface area contributed by atoms with Crippen LogP contribution < -0.4 is 15.8 Å². The van der Waals surface area contributed by atoms with Crippen molar-refractivity contribution in [3.8, 4) is 11.5 Å².